The molecule has 68 valence electrons. The van der Waals surface area contributed by atoms with Gasteiger partial charge in [-0.2, -0.15) is 25.3 Å². The van der Waals surface area contributed by atoms with Crippen molar-refractivity contribution in [2.75, 3.05) is 18.1 Å². The zero-order valence-electron chi connectivity index (χ0n) is 6.10. The van der Waals surface area contributed by atoms with Gasteiger partial charge in [-0.3, -0.25) is 4.79 Å². The summed E-state index contributed by atoms with van der Waals surface area (Å²) in [5, 5.41) is 8.01. The van der Waals surface area contributed by atoms with Crippen LogP contribution < -0.4 is 11.5 Å². The van der Waals surface area contributed by atoms with Gasteiger partial charge in [-0.05, 0) is 0 Å². The fraction of sp³-hybridized carbons (Fsp3) is 0.800. The molecule has 1 unspecified atom stereocenters. The number of rotatable bonds is 3. The Morgan fingerprint density at radius 2 is 1.91 bits per heavy atom. The highest BCUT2D eigenvalue weighted by molar-refractivity contribution is 7.80. The zero-order chi connectivity index (χ0) is 9.28. The minimum Gasteiger partial charge on any atom is -0.480 e. The normalized spacial score (nSPS) is 11.3. The number of carboxylic acid groups (broad SMARTS) is 1. The fourth-order valence-corrected chi connectivity index (χ4v) is 0.234. The summed E-state index contributed by atoms with van der Waals surface area (Å²) in [5.41, 5.74) is 9.89. The smallest absolute Gasteiger partial charge is 0.321 e. The monoisotopic (exact) mass is 198 g/mol. The van der Waals surface area contributed by atoms with E-state index in [0.717, 1.165) is 5.75 Å². The van der Waals surface area contributed by atoms with E-state index in [0.29, 0.717) is 6.54 Å². The van der Waals surface area contributed by atoms with Gasteiger partial charge in [0.25, 0.3) is 0 Å². The molecule has 5 N–H and O–H groups in total. The molecule has 0 radical (unpaired) electrons. The first-order valence-electron chi connectivity index (χ1n) is 3.00. The standard InChI is InChI=1S/C3H7NO2S.C2H7NS/c4-2(1-7)3(5)6;3-1-2-4/h2,7H,1,4H2,(H,5,6);4H,1-3H2. The molecule has 0 heterocycles. The SMILES string of the molecule is NC(CS)C(=O)O.NCCS. The van der Waals surface area contributed by atoms with Crippen LogP contribution in [0.5, 0.6) is 0 Å². The van der Waals surface area contributed by atoms with Gasteiger partial charge in [-0.15, -0.1) is 0 Å². The Kier molecular flexibility index (Phi) is 12.5. The number of hydrogen-bond donors (Lipinski definition) is 5. The highest BCUT2D eigenvalue weighted by Crippen LogP contribution is 1.80. The summed E-state index contributed by atoms with van der Waals surface area (Å²) in [5.74, 6) is -0.0231. The lowest BCUT2D eigenvalue weighted by Crippen LogP contribution is -2.31. The Morgan fingerprint density at radius 3 is 1.91 bits per heavy atom. The molecule has 0 saturated carbocycles. The Balaban J connectivity index is 0. The molecule has 11 heavy (non-hydrogen) atoms. The second-order valence-corrected chi connectivity index (χ2v) is 2.45. The molecule has 0 aromatic rings. The molecule has 0 aliphatic carbocycles. The lowest BCUT2D eigenvalue weighted by molar-refractivity contribution is -0.137. The predicted octanol–water partition coefficient (Wildman–Crippen LogP) is -0.797. The summed E-state index contributed by atoms with van der Waals surface area (Å²) < 4.78 is 0. The molecule has 0 aromatic carbocycles. The maximum absolute atomic E-state index is 9.76. The van der Waals surface area contributed by atoms with E-state index in [9.17, 15) is 4.79 Å². The van der Waals surface area contributed by atoms with Gasteiger partial charge in [-0.25, -0.2) is 0 Å². The van der Waals surface area contributed by atoms with Crippen molar-refractivity contribution in [2.45, 2.75) is 6.04 Å². The van der Waals surface area contributed by atoms with Crippen molar-refractivity contribution in [3.8, 4) is 0 Å². The van der Waals surface area contributed by atoms with E-state index < -0.39 is 12.0 Å². The molecule has 0 spiro atoms. The minimum absolute atomic E-state index is 0.190. The average Bonchev–Trinajstić information content (AvgIpc) is 2.03. The molecule has 0 fully saturated rings. The van der Waals surface area contributed by atoms with Crippen LogP contribution in [0.25, 0.3) is 0 Å². The molecule has 4 nitrogen and oxygen atoms in total. The lowest BCUT2D eigenvalue weighted by Gasteiger charge is -1.96. The summed E-state index contributed by atoms with van der Waals surface area (Å²) in [6.07, 6.45) is 0. The molecule has 0 aliphatic heterocycles. The Labute approximate surface area is 77.2 Å². The average molecular weight is 198 g/mol. The first-order chi connectivity index (χ1) is 5.09. The number of nitrogens with two attached hydrogens (primary N) is 2. The summed E-state index contributed by atoms with van der Waals surface area (Å²) >= 11 is 7.44. The van der Waals surface area contributed by atoms with E-state index in [1.807, 2.05) is 0 Å². The van der Waals surface area contributed by atoms with Crippen LogP contribution in [-0.4, -0.2) is 35.2 Å². The van der Waals surface area contributed by atoms with E-state index >= 15 is 0 Å². The largest absolute Gasteiger partial charge is 0.480 e. The number of thiol groups is 2. The second-order valence-electron chi connectivity index (χ2n) is 1.64. The molecule has 6 heteroatoms. The van der Waals surface area contributed by atoms with Crippen molar-refractivity contribution >= 4 is 31.2 Å². The van der Waals surface area contributed by atoms with E-state index in [-0.39, 0.29) is 5.75 Å². The third-order valence-corrected chi connectivity index (χ3v) is 1.29. The summed E-state index contributed by atoms with van der Waals surface area (Å²) in [6, 6.07) is -0.816. The molecule has 0 rings (SSSR count). The Bertz CT molecular complexity index is 100. The highest BCUT2D eigenvalue weighted by Gasteiger charge is 2.06. The molecule has 0 aromatic heterocycles. The van der Waals surface area contributed by atoms with Gasteiger partial charge in [0.05, 0.1) is 0 Å². The third kappa shape index (κ3) is 13.1. The van der Waals surface area contributed by atoms with Crippen LogP contribution in [0.3, 0.4) is 0 Å². The molecular formula is C5H14N2O2S2. The molecule has 0 amide bonds. The number of hydrogen-bond acceptors (Lipinski definition) is 5. The van der Waals surface area contributed by atoms with Crippen molar-refractivity contribution in [1.82, 2.24) is 0 Å². The van der Waals surface area contributed by atoms with Crippen LogP contribution in [0.2, 0.25) is 0 Å². The first-order valence-corrected chi connectivity index (χ1v) is 4.26. The summed E-state index contributed by atoms with van der Waals surface area (Å²) in [4.78, 5) is 9.76. The van der Waals surface area contributed by atoms with Crippen molar-refractivity contribution in [3.05, 3.63) is 0 Å². The van der Waals surface area contributed by atoms with Crippen molar-refractivity contribution in [3.63, 3.8) is 0 Å². The molecule has 0 aliphatic rings. The fourth-order valence-electron chi connectivity index (χ4n) is 0.0781. The Hall–Kier alpha value is 0.0900. The molecule has 0 bridgehead atoms. The highest BCUT2D eigenvalue weighted by atomic mass is 32.1. The van der Waals surface area contributed by atoms with Gasteiger partial charge in [-0.1, -0.05) is 0 Å². The van der Waals surface area contributed by atoms with Gasteiger partial charge in [0.2, 0.25) is 0 Å². The zero-order valence-corrected chi connectivity index (χ0v) is 7.89. The van der Waals surface area contributed by atoms with Crippen LogP contribution >= 0.6 is 25.3 Å². The van der Waals surface area contributed by atoms with E-state index in [4.69, 9.17) is 16.6 Å². The number of carboxylic acids is 1. The van der Waals surface area contributed by atoms with Crippen LogP contribution in [0.4, 0.5) is 0 Å². The molecular weight excluding hydrogens is 184 g/mol. The van der Waals surface area contributed by atoms with Gasteiger partial charge >= 0.3 is 5.97 Å². The first kappa shape index (κ1) is 13.7. The maximum atomic E-state index is 9.76. The lowest BCUT2D eigenvalue weighted by atomic mass is 10.4. The van der Waals surface area contributed by atoms with Crippen molar-refractivity contribution < 1.29 is 9.90 Å². The van der Waals surface area contributed by atoms with Gasteiger partial charge in [0.1, 0.15) is 6.04 Å². The third-order valence-electron chi connectivity index (χ3n) is 0.643. The minimum atomic E-state index is -1.00. The van der Waals surface area contributed by atoms with Gasteiger partial charge in [0, 0.05) is 18.1 Å². The number of aliphatic carboxylic acids is 1. The number of carbonyl (C=O) groups is 1. The van der Waals surface area contributed by atoms with Gasteiger partial charge in [0.15, 0.2) is 0 Å². The molecule has 0 saturated heterocycles. The summed E-state index contributed by atoms with van der Waals surface area (Å²) in [6.45, 7) is 0.684. The van der Waals surface area contributed by atoms with Crippen LogP contribution in [0, 0.1) is 0 Å². The van der Waals surface area contributed by atoms with Gasteiger partial charge < -0.3 is 16.6 Å². The summed E-state index contributed by atoms with van der Waals surface area (Å²) in [7, 11) is 0. The maximum Gasteiger partial charge on any atom is 0.321 e. The van der Waals surface area contributed by atoms with E-state index in [1.54, 1.807) is 0 Å². The second kappa shape index (κ2) is 10.1. The molecule has 1 atom stereocenters. The van der Waals surface area contributed by atoms with Crippen molar-refractivity contribution in [1.29, 1.82) is 0 Å². The quantitative estimate of drug-likeness (QED) is 0.384. The van der Waals surface area contributed by atoms with Crippen LogP contribution in [-0.2, 0) is 4.79 Å². The van der Waals surface area contributed by atoms with Crippen molar-refractivity contribution in [2.24, 2.45) is 11.5 Å². The predicted molar refractivity (Wildman–Crippen MR) is 52.4 cm³/mol. The van der Waals surface area contributed by atoms with E-state index in [2.05, 4.69) is 25.3 Å². The van der Waals surface area contributed by atoms with Crippen LogP contribution in [0.1, 0.15) is 0 Å². The van der Waals surface area contributed by atoms with Crippen LogP contribution in [0.15, 0.2) is 0 Å². The van der Waals surface area contributed by atoms with E-state index in [1.165, 1.54) is 0 Å². The Morgan fingerprint density at radius 1 is 1.55 bits per heavy atom. The topological polar surface area (TPSA) is 89.3 Å².